The Morgan fingerprint density at radius 2 is 2.11 bits per heavy atom. The zero-order chi connectivity index (χ0) is 14.2. The molecule has 0 aromatic heterocycles. The van der Waals surface area contributed by atoms with E-state index in [2.05, 4.69) is 0 Å². The van der Waals surface area contributed by atoms with Crippen molar-refractivity contribution < 1.29 is 14.6 Å². The van der Waals surface area contributed by atoms with E-state index >= 15 is 0 Å². The summed E-state index contributed by atoms with van der Waals surface area (Å²) in [6.45, 7) is 4.59. The first-order valence-electron chi connectivity index (χ1n) is 6.32. The van der Waals surface area contributed by atoms with Crippen LogP contribution in [0.2, 0.25) is 0 Å². The lowest BCUT2D eigenvalue weighted by Crippen LogP contribution is -2.65. The zero-order valence-electron chi connectivity index (χ0n) is 11.5. The lowest BCUT2D eigenvalue weighted by Gasteiger charge is -2.49. The van der Waals surface area contributed by atoms with Crippen LogP contribution in [0.15, 0.2) is 18.2 Å². The molecule has 0 bridgehead atoms. The Kier molecular flexibility index (Phi) is 3.41. The fourth-order valence-electron chi connectivity index (χ4n) is 2.19. The van der Waals surface area contributed by atoms with Crippen LogP contribution in [-0.4, -0.2) is 41.7 Å². The molecule has 0 saturated carbocycles. The van der Waals surface area contributed by atoms with Crippen molar-refractivity contribution in [1.29, 1.82) is 0 Å². The molecule has 104 valence electrons. The minimum absolute atomic E-state index is 0.124. The largest absolute Gasteiger partial charge is 0.496 e. The molecule has 1 fully saturated rings. The van der Waals surface area contributed by atoms with Crippen molar-refractivity contribution >= 4 is 11.6 Å². The molecule has 0 spiro atoms. The van der Waals surface area contributed by atoms with Gasteiger partial charge in [-0.15, -0.1) is 0 Å². The number of rotatable bonds is 3. The summed E-state index contributed by atoms with van der Waals surface area (Å²) < 4.78 is 5.17. The molecule has 2 rings (SSSR count). The Hall–Kier alpha value is -1.75. The molecule has 1 aliphatic rings. The van der Waals surface area contributed by atoms with Crippen LogP contribution in [0, 0.1) is 5.92 Å². The van der Waals surface area contributed by atoms with Crippen molar-refractivity contribution in [3.05, 3.63) is 23.8 Å². The third kappa shape index (κ3) is 2.38. The highest BCUT2D eigenvalue weighted by Crippen LogP contribution is 2.32. The Morgan fingerprint density at radius 3 is 2.63 bits per heavy atom. The fourth-order valence-corrected chi connectivity index (χ4v) is 2.19. The molecule has 0 aliphatic carbocycles. The highest BCUT2D eigenvalue weighted by Gasteiger charge is 2.46. The summed E-state index contributed by atoms with van der Waals surface area (Å²) in [6.07, 6.45) is 0. The smallest absolute Gasteiger partial charge is 0.257 e. The molecule has 1 aliphatic heterocycles. The molecule has 1 amide bonds. The average molecular weight is 264 g/mol. The molecule has 0 unspecified atom stereocenters. The first-order chi connectivity index (χ1) is 8.87. The van der Waals surface area contributed by atoms with Crippen LogP contribution in [0.3, 0.4) is 0 Å². The van der Waals surface area contributed by atoms with E-state index in [9.17, 15) is 9.90 Å². The van der Waals surface area contributed by atoms with E-state index in [1.165, 1.54) is 7.11 Å². The van der Waals surface area contributed by atoms with E-state index in [1.54, 1.807) is 23.1 Å². The van der Waals surface area contributed by atoms with E-state index in [0.717, 1.165) is 0 Å². The van der Waals surface area contributed by atoms with Gasteiger partial charge in [0.05, 0.1) is 25.8 Å². The molecule has 1 saturated heterocycles. The maximum Gasteiger partial charge on any atom is 0.257 e. The van der Waals surface area contributed by atoms with Crippen molar-refractivity contribution in [2.45, 2.75) is 19.4 Å². The first kappa shape index (κ1) is 13.7. The van der Waals surface area contributed by atoms with Crippen molar-refractivity contribution in [3.8, 4) is 5.75 Å². The molecule has 5 heteroatoms. The second kappa shape index (κ2) is 4.74. The van der Waals surface area contributed by atoms with Gasteiger partial charge in [-0.2, -0.15) is 0 Å². The van der Waals surface area contributed by atoms with Crippen LogP contribution in [0.4, 0.5) is 5.69 Å². The van der Waals surface area contributed by atoms with Crippen molar-refractivity contribution in [3.63, 3.8) is 0 Å². The van der Waals surface area contributed by atoms with Gasteiger partial charge in [-0.3, -0.25) is 4.79 Å². The van der Waals surface area contributed by atoms with Crippen LogP contribution >= 0.6 is 0 Å². The van der Waals surface area contributed by atoms with Crippen molar-refractivity contribution in [2.75, 3.05) is 25.9 Å². The number of nitrogen functional groups attached to an aromatic ring is 1. The van der Waals surface area contributed by atoms with Gasteiger partial charge in [-0.25, -0.2) is 0 Å². The number of aliphatic hydroxyl groups is 1. The molecule has 19 heavy (non-hydrogen) atoms. The molecule has 0 atom stereocenters. The second-order valence-electron chi connectivity index (χ2n) is 5.38. The molecule has 0 radical (unpaired) electrons. The fraction of sp³-hybridized carbons (Fsp3) is 0.500. The Morgan fingerprint density at radius 1 is 1.47 bits per heavy atom. The normalized spacial score (nSPS) is 17.2. The molecule has 1 aromatic carbocycles. The Balaban J connectivity index is 2.16. The summed E-state index contributed by atoms with van der Waals surface area (Å²) >= 11 is 0. The van der Waals surface area contributed by atoms with Crippen LogP contribution in [0.1, 0.15) is 24.2 Å². The topological polar surface area (TPSA) is 75.8 Å². The lowest BCUT2D eigenvalue weighted by molar-refractivity contribution is -0.110. The number of amides is 1. The van der Waals surface area contributed by atoms with Crippen LogP contribution < -0.4 is 10.5 Å². The van der Waals surface area contributed by atoms with Crippen molar-refractivity contribution in [1.82, 2.24) is 4.90 Å². The number of β-amino-alcohol motifs (C(OH)–C–C–N with tert-alkyl or cyclic N) is 1. The predicted octanol–water partition coefficient (Wildman–Crippen LogP) is 1.12. The van der Waals surface area contributed by atoms with E-state index < -0.39 is 5.60 Å². The third-order valence-electron chi connectivity index (χ3n) is 3.75. The number of hydrogen-bond donors (Lipinski definition) is 2. The lowest BCUT2D eigenvalue weighted by atomic mass is 9.82. The van der Waals surface area contributed by atoms with Gasteiger partial charge in [0.25, 0.3) is 5.91 Å². The zero-order valence-corrected chi connectivity index (χ0v) is 11.5. The van der Waals surface area contributed by atoms with E-state index in [1.807, 2.05) is 13.8 Å². The second-order valence-corrected chi connectivity index (χ2v) is 5.38. The number of benzene rings is 1. The highest BCUT2D eigenvalue weighted by atomic mass is 16.5. The van der Waals surface area contributed by atoms with Gasteiger partial charge in [-0.05, 0) is 24.1 Å². The number of nitrogens with two attached hydrogens (primary N) is 1. The van der Waals surface area contributed by atoms with Crippen LogP contribution in [-0.2, 0) is 0 Å². The monoisotopic (exact) mass is 264 g/mol. The van der Waals surface area contributed by atoms with Gasteiger partial charge in [0.1, 0.15) is 11.4 Å². The first-order valence-corrected chi connectivity index (χ1v) is 6.32. The number of nitrogens with zero attached hydrogens (tertiary/aromatic N) is 1. The predicted molar refractivity (Wildman–Crippen MR) is 73.1 cm³/mol. The number of likely N-dealkylation sites (tertiary alicyclic amines) is 1. The summed E-state index contributed by atoms with van der Waals surface area (Å²) in [5.74, 6) is 0.466. The number of hydrogen-bond acceptors (Lipinski definition) is 4. The van der Waals surface area contributed by atoms with Crippen molar-refractivity contribution in [2.24, 2.45) is 5.92 Å². The van der Waals surface area contributed by atoms with E-state index in [0.29, 0.717) is 30.1 Å². The molecule has 3 N–H and O–H groups in total. The van der Waals surface area contributed by atoms with Gasteiger partial charge in [0.15, 0.2) is 0 Å². The van der Waals surface area contributed by atoms with Crippen LogP contribution in [0.5, 0.6) is 5.75 Å². The summed E-state index contributed by atoms with van der Waals surface area (Å²) in [6, 6.07) is 4.97. The number of methoxy groups -OCH3 is 1. The van der Waals surface area contributed by atoms with Gasteiger partial charge >= 0.3 is 0 Å². The average Bonchev–Trinajstić information content (AvgIpc) is 2.33. The van der Waals surface area contributed by atoms with Gasteiger partial charge in [0, 0.05) is 5.69 Å². The maximum atomic E-state index is 12.3. The number of anilines is 1. The van der Waals surface area contributed by atoms with Crippen LogP contribution in [0.25, 0.3) is 0 Å². The summed E-state index contributed by atoms with van der Waals surface area (Å²) in [5.41, 5.74) is 5.89. The maximum absolute atomic E-state index is 12.3. The van der Waals surface area contributed by atoms with Gasteiger partial charge in [0.2, 0.25) is 0 Å². The molecular weight excluding hydrogens is 244 g/mol. The molecular formula is C14H20N2O3. The minimum atomic E-state index is -0.775. The number of ether oxygens (including phenoxy) is 1. The number of carbonyl (C=O) groups excluding carboxylic acids is 1. The third-order valence-corrected chi connectivity index (χ3v) is 3.75. The highest BCUT2D eigenvalue weighted by molar-refractivity contribution is 5.98. The summed E-state index contributed by atoms with van der Waals surface area (Å²) in [7, 11) is 1.52. The van der Waals surface area contributed by atoms with E-state index in [4.69, 9.17) is 10.5 Å². The summed E-state index contributed by atoms with van der Waals surface area (Å²) in [5, 5.41) is 10.2. The molecule has 1 aromatic rings. The minimum Gasteiger partial charge on any atom is -0.496 e. The van der Waals surface area contributed by atoms with Gasteiger partial charge in [-0.1, -0.05) is 13.8 Å². The van der Waals surface area contributed by atoms with E-state index in [-0.39, 0.29) is 11.8 Å². The molecule has 1 heterocycles. The Labute approximate surface area is 113 Å². The quantitative estimate of drug-likeness (QED) is 0.802. The SMILES string of the molecule is COc1ccc(N)cc1C(=O)N1CC(O)(C(C)C)C1. The molecule has 5 nitrogen and oxygen atoms in total. The summed E-state index contributed by atoms with van der Waals surface area (Å²) in [4.78, 5) is 14.0. The number of carbonyl (C=O) groups is 1. The Bertz CT molecular complexity index is 493. The standard InChI is InChI=1S/C14H20N2O3/c1-9(2)14(18)7-16(8-14)13(17)11-6-10(15)4-5-12(11)19-3/h4-6,9,18H,7-8,15H2,1-3H3. The van der Waals surface area contributed by atoms with Gasteiger partial charge < -0.3 is 20.5 Å².